The van der Waals surface area contributed by atoms with Gasteiger partial charge in [-0.2, -0.15) is 0 Å². The van der Waals surface area contributed by atoms with Crippen LogP contribution < -0.4 is 5.32 Å². The number of nitrogens with zero attached hydrogens (tertiary/aromatic N) is 3. The summed E-state index contributed by atoms with van der Waals surface area (Å²) in [6.45, 7) is 8.14. The number of thiophene rings is 1. The van der Waals surface area contributed by atoms with Gasteiger partial charge in [0.05, 0.1) is 15.2 Å². The maximum absolute atomic E-state index is 5.78. The molecule has 1 N–H and O–H groups in total. The van der Waals surface area contributed by atoms with Crippen molar-refractivity contribution in [2.75, 3.05) is 19.6 Å². The Morgan fingerprint density at radius 1 is 1.45 bits per heavy atom. The summed E-state index contributed by atoms with van der Waals surface area (Å²) in [5, 5.41) is 11.7. The van der Waals surface area contributed by atoms with Crippen molar-refractivity contribution in [3.05, 3.63) is 21.8 Å². The number of piperazine rings is 1. The van der Waals surface area contributed by atoms with E-state index in [0.29, 0.717) is 18.3 Å². The highest BCUT2D eigenvalue weighted by Gasteiger charge is 2.30. The lowest BCUT2D eigenvalue weighted by Crippen LogP contribution is -2.57. The Labute approximate surface area is 130 Å². The largest absolute Gasteiger partial charge is 0.419 e. The molecule has 3 rings (SSSR count). The van der Waals surface area contributed by atoms with Crippen molar-refractivity contribution in [3.63, 3.8) is 0 Å². The Morgan fingerprint density at radius 2 is 2.30 bits per heavy atom. The van der Waals surface area contributed by atoms with Crippen molar-refractivity contribution in [3.8, 4) is 10.8 Å². The topological polar surface area (TPSA) is 54.2 Å². The number of rotatable bonds is 3. The minimum atomic E-state index is 0.110. The summed E-state index contributed by atoms with van der Waals surface area (Å²) in [7, 11) is 0. The van der Waals surface area contributed by atoms with Crippen LogP contribution in [0.1, 0.15) is 19.7 Å². The average Bonchev–Trinajstić information content (AvgIpc) is 3.01. The van der Waals surface area contributed by atoms with Gasteiger partial charge < -0.3 is 9.73 Å². The molecule has 5 nitrogen and oxygen atoms in total. The van der Waals surface area contributed by atoms with Gasteiger partial charge in [0.25, 0.3) is 5.89 Å². The van der Waals surface area contributed by atoms with Gasteiger partial charge in [-0.15, -0.1) is 21.5 Å². The van der Waals surface area contributed by atoms with Gasteiger partial charge in [-0.3, -0.25) is 4.90 Å². The van der Waals surface area contributed by atoms with E-state index in [9.17, 15) is 0 Å². The zero-order chi connectivity index (χ0) is 14.2. The lowest BCUT2D eigenvalue weighted by Gasteiger charge is -2.42. The molecule has 3 heterocycles. The summed E-state index contributed by atoms with van der Waals surface area (Å²) in [5.74, 6) is 1.28. The molecule has 0 bridgehead atoms. The Morgan fingerprint density at radius 3 is 3.00 bits per heavy atom. The van der Waals surface area contributed by atoms with E-state index in [-0.39, 0.29) is 5.54 Å². The summed E-state index contributed by atoms with van der Waals surface area (Å²) >= 11 is 5.04. The second kappa shape index (κ2) is 5.55. The van der Waals surface area contributed by atoms with E-state index in [1.807, 2.05) is 12.1 Å². The molecule has 108 valence electrons. The van der Waals surface area contributed by atoms with Crippen molar-refractivity contribution in [2.45, 2.75) is 25.9 Å². The normalized spacial score (nSPS) is 19.4. The van der Waals surface area contributed by atoms with Gasteiger partial charge in [-0.25, -0.2) is 0 Å². The maximum Gasteiger partial charge on any atom is 0.257 e. The first kappa shape index (κ1) is 14.2. The first-order valence-corrected chi connectivity index (χ1v) is 8.19. The second-order valence-corrected chi connectivity index (χ2v) is 7.98. The standard InChI is InChI=1S/C13H17BrN4OS/c1-13(2)8-15-5-6-18(13)7-11-16-17-12(19-11)9-3-4-10(14)20-9/h3-4,15H,5-8H2,1-2H3. The van der Waals surface area contributed by atoms with Crippen LogP contribution in [0.25, 0.3) is 10.8 Å². The quantitative estimate of drug-likeness (QED) is 0.916. The molecule has 0 aliphatic carbocycles. The van der Waals surface area contributed by atoms with Crippen LogP contribution in [0.3, 0.4) is 0 Å². The minimum absolute atomic E-state index is 0.110. The zero-order valence-corrected chi connectivity index (χ0v) is 13.9. The molecule has 2 aromatic rings. The molecule has 0 saturated carbocycles. The van der Waals surface area contributed by atoms with Gasteiger partial charge in [-0.1, -0.05) is 0 Å². The molecule has 0 radical (unpaired) electrons. The summed E-state index contributed by atoms with van der Waals surface area (Å²) in [6, 6.07) is 3.98. The number of hydrogen-bond acceptors (Lipinski definition) is 6. The number of hydrogen-bond donors (Lipinski definition) is 1. The van der Waals surface area contributed by atoms with Crippen molar-refractivity contribution in [1.82, 2.24) is 20.4 Å². The molecular formula is C13H17BrN4OS. The van der Waals surface area contributed by atoms with Crippen molar-refractivity contribution >= 4 is 27.3 Å². The maximum atomic E-state index is 5.78. The van der Waals surface area contributed by atoms with Crippen LogP contribution in [-0.4, -0.2) is 40.3 Å². The Kier molecular flexibility index (Phi) is 3.94. The van der Waals surface area contributed by atoms with Crippen molar-refractivity contribution in [1.29, 1.82) is 0 Å². The predicted octanol–water partition coefficient (Wildman–Crippen LogP) is 2.74. The SMILES string of the molecule is CC1(C)CNCCN1Cc1nnc(-c2ccc(Br)s2)o1. The molecule has 0 amide bonds. The zero-order valence-electron chi connectivity index (χ0n) is 11.5. The molecule has 1 aliphatic heterocycles. The van der Waals surface area contributed by atoms with Gasteiger partial charge in [0.1, 0.15) is 0 Å². The van der Waals surface area contributed by atoms with Crippen LogP contribution in [0.4, 0.5) is 0 Å². The molecule has 2 aromatic heterocycles. The Balaban J connectivity index is 1.74. The van der Waals surface area contributed by atoms with E-state index >= 15 is 0 Å². The summed E-state index contributed by atoms with van der Waals surface area (Å²) in [4.78, 5) is 3.38. The van der Waals surface area contributed by atoms with Crippen molar-refractivity contribution < 1.29 is 4.42 Å². The third kappa shape index (κ3) is 2.95. The summed E-state index contributed by atoms with van der Waals surface area (Å²) in [6.07, 6.45) is 0. The number of aromatic nitrogens is 2. The molecule has 0 spiro atoms. The number of nitrogens with one attached hydrogen (secondary N) is 1. The van der Waals surface area contributed by atoms with Gasteiger partial charge in [0.2, 0.25) is 5.89 Å². The van der Waals surface area contributed by atoms with E-state index in [2.05, 4.69) is 50.2 Å². The first-order chi connectivity index (χ1) is 9.54. The van der Waals surface area contributed by atoms with Crippen molar-refractivity contribution in [2.24, 2.45) is 0 Å². The number of halogens is 1. The van der Waals surface area contributed by atoms with E-state index in [1.54, 1.807) is 11.3 Å². The summed E-state index contributed by atoms with van der Waals surface area (Å²) < 4.78 is 6.85. The molecule has 20 heavy (non-hydrogen) atoms. The lowest BCUT2D eigenvalue weighted by atomic mass is 10.0. The fourth-order valence-electron chi connectivity index (χ4n) is 2.33. The van der Waals surface area contributed by atoms with Gasteiger partial charge in [-0.05, 0) is 41.9 Å². The van der Waals surface area contributed by atoms with Crippen LogP contribution >= 0.6 is 27.3 Å². The van der Waals surface area contributed by atoms with E-state index < -0.39 is 0 Å². The van der Waals surface area contributed by atoms with E-state index in [1.165, 1.54) is 0 Å². The van der Waals surface area contributed by atoms with Gasteiger partial charge in [0, 0.05) is 25.2 Å². The molecule has 0 aromatic carbocycles. The van der Waals surface area contributed by atoms with E-state index in [4.69, 9.17) is 4.42 Å². The third-order valence-electron chi connectivity index (χ3n) is 3.55. The highest BCUT2D eigenvalue weighted by atomic mass is 79.9. The Bertz CT molecular complexity index is 595. The average molecular weight is 357 g/mol. The smallest absolute Gasteiger partial charge is 0.257 e. The first-order valence-electron chi connectivity index (χ1n) is 6.58. The van der Waals surface area contributed by atoms with Gasteiger partial charge >= 0.3 is 0 Å². The van der Waals surface area contributed by atoms with Crippen LogP contribution in [0.15, 0.2) is 20.3 Å². The molecular weight excluding hydrogens is 340 g/mol. The molecule has 1 saturated heterocycles. The molecule has 0 unspecified atom stereocenters. The predicted molar refractivity (Wildman–Crippen MR) is 82.7 cm³/mol. The molecule has 1 fully saturated rings. The van der Waals surface area contributed by atoms with Crippen LogP contribution in [0.2, 0.25) is 0 Å². The second-order valence-electron chi connectivity index (χ2n) is 5.52. The molecule has 0 atom stereocenters. The lowest BCUT2D eigenvalue weighted by molar-refractivity contribution is 0.0737. The third-order valence-corrected chi connectivity index (χ3v) is 5.16. The van der Waals surface area contributed by atoms with Gasteiger partial charge in [0.15, 0.2) is 0 Å². The highest BCUT2D eigenvalue weighted by Crippen LogP contribution is 2.30. The summed E-state index contributed by atoms with van der Waals surface area (Å²) in [5.41, 5.74) is 0.110. The molecule has 7 heteroatoms. The minimum Gasteiger partial charge on any atom is -0.419 e. The fraction of sp³-hybridized carbons (Fsp3) is 0.538. The van der Waals surface area contributed by atoms with Crippen LogP contribution in [0.5, 0.6) is 0 Å². The Hall–Kier alpha value is -0.760. The highest BCUT2D eigenvalue weighted by molar-refractivity contribution is 9.11. The van der Waals surface area contributed by atoms with Crippen LogP contribution in [-0.2, 0) is 6.54 Å². The van der Waals surface area contributed by atoms with E-state index in [0.717, 1.165) is 28.3 Å². The van der Waals surface area contributed by atoms with Crippen LogP contribution in [0, 0.1) is 0 Å². The monoisotopic (exact) mass is 356 g/mol. The molecule has 1 aliphatic rings. The fourth-order valence-corrected chi connectivity index (χ4v) is 3.63.